The molecule has 0 aliphatic heterocycles. The molecule has 9 heteroatoms. The summed E-state index contributed by atoms with van der Waals surface area (Å²) < 4.78 is 33.8. The summed E-state index contributed by atoms with van der Waals surface area (Å²) in [7, 11) is -2.43. The van der Waals surface area contributed by atoms with Crippen LogP contribution in [0.4, 0.5) is 0 Å². The predicted octanol–water partition coefficient (Wildman–Crippen LogP) is 4.71. The molecule has 0 heterocycles. The molecule has 1 amide bonds. The van der Waals surface area contributed by atoms with Gasteiger partial charge in [-0.05, 0) is 55.7 Å². The van der Waals surface area contributed by atoms with Crippen molar-refractivity contribution in [2.24, 2.45) is 0 Å². The van der Waals surface area contributed by atoms with Crippen molar-refractivity contribution >= 4 is 39.1 Å². The van der Waals surface area contributed by atoms with Crippen molar-refractivity contribution in [2.75, 3.05) is 7.11 Å². The number of amides is 1. The standard InChI is InChI=1S/C21H24Cl2N2O4S/c1-13(17-9-8-15(22)12-18(17)23)24-21(26)14-7-10-19(29-2)20(11-14)30(27,28)25-16-5-3-4-6-16/h7-13,16,25H,3-6H2,1-2H3,(H,24,26). The number of ether oxygens (including phenoxy) is 1. The monoisotopic (exact) mass is 470 g/mol. The van der Waals surface area contributed by atoms with E-state index in [1.54, 1.807) is 25.1 Å². The van der Waals surface area contributed by atoms with Crippen LogP contribution in [-0.4, -0.2) is 27.5 Å². The average molecular weight is 471 g/mol. The minimum absolute atomic E-state index is 0.0540. The van der Waals surface area contributed by atoms with E-state index < -0.39 is 22.0 Å². The molecule has 1 aliphatic rings. The molecule has 1 atom stereocenters. The molecule has 30 heavy (non-hydrogen) atoms. The van der Waals surface area contributed by atoms with E-state index in [0.29, 0.717) is 15.6 Å². The Morgan fingerprint density at radius 3 is 2.47 bits per heavy atom. The van der Waals surface area contributed by atoms with Crippen LogP contribution in [0.25, 0.3) is 0 Å². The molecule has 2 aromatic rings. The minimum Gasteiger partial charge on any atom is -0.495 e. The molecule has 6 nitrogen and oxygen atoms in total. The molecule has 1 fully saturated rings. The number of halogens is 2. The molecule has 2 N–H and O–H groups in total. The van der Waals surface area contributed by atoms with Crippen molar-refractivity contribution in [3.63, 3.8) is 0 Å². The topological polar surface area (TPSA) is 84.5 Å². The highest BCUT2D eigenvalue weighted by atomic mass is 35.5. The normalized spacial score (nSPS) is 15.7. The Balaban J connectivity index is 1.83. The summed E-state index contributed by atoms with van der Waals surface area (Å²) in [6.07, 6.45) is 3.61. The Morgan fingerprint density at radius 1 is 1.13 bits per heavy atom. The maximum absolute atomic E-state index is 12.9. The Hall–Kier alpha value is -1.80. The van der Waals surface area contributed by atoms with Crippen molar-refractivity contribution in [1.82, 2.24) is 10.0 Å². The van der Waals surface area contributed by atoms with E-state index in [1.165, 1.54) is 25.3 Å². The van der Waals surface area contributed by atoms with Crippen LogP contribution in [0.1, 0.15) is 54.6 Å². The van der Waals surface area contributed by atoms with Gasteiger partial charge in [0.05, 0.1) is 13.2 Å². The molecule has 3 rings (SSSR count). The van der Waals surface area contributed by atoms with Crippen LogP contribution < -0.4 is 14.8 Å². The number of hydrogen-bond acceptors (Lipinski definition) is 4. The summed E-state index contributed by atoms with van der Waals surface area (Å²) in [5.74, 6) is -0.237. The number of rotatable bonds is 7. The summed E-state index contributed by atoms with van der Waals surface area (Å²) in [4.78, 5) is 12.7. The molecule has 0 bridgehead atoms. The van der Waals surface area contributed by atoms with E-state index in [9.17, 15) is 13.2 Å². The lowest BCUT2D eigenvalue weighted by Crippen LogP contribution is -2.33. The third-order valence-corrected chi connectivity index (χ3v) is 7.27. The average Bonchev–Trinajstić information content (AvgIpc) is 3.19. The van der Waals surface area contributed by atoms with E-state index in [0.717, 1.165) is 25.7 Å². The predicted molar refractivity (Wildman–Crippen MR) is 118 cm³/mol. The zero-order valence-electron chi connectivity index (χ0n) is 16.7. The molecule has 0 aromatic heterocycles. The first-order valence-corrected chi connectivity index (χ1v) is 11.9. The molecule has 1 unspecified atom stereocenters. The van der Waals surface area contributed by atoms with E-state index in [2.05, 4.69) is 10.0 Å². The maximum Gasteiger partial charge on any atom is 0.251 e. The fraction of sp³-hybridized carbons (Fsp3) is 0.381. The van der Waals surface area contributed by atoms with Crippen LogP contribution in [0, 0.1) is 0 Å². The smallest absolute Gasteiger partial charge is 0.251 e. The molecule has 1 aliphatic carbocycles. The van der Waals surface area contributed by atoms with Crippen molar-refractivity contribution in [2.45, 2.75) is 49.6 Å². The van der Waals surface area contributed by atoms with Crippen molar-refractivity contribution in [1.29, 1.82) is 0 Å². The van der Waals surface area contributed by atoms with Gasteiger partial charge in [-0.1, -0.05) is 42.1 Å². The summed E-state index contributed by atoms with van der Waals surface area (Å²) in [5, 5.41) is 3.78. The van der Waals surface area contributed by atoms with E-state index in [-0.39, 0.29) is 22.3 Å². The molecular formula is C21H24Cl2N2O4S. The minimum atomic E-state index is -3.83. The second-order valence-corrected chi connectivity index (χ2v) is 9.86. The molecule has 0 saturated heterocycles. The molecule has 0 radical (unpaired) electrons. The van der Waals surface area contributed by atoms with Gasteiger partial charge in [-0.2, -0.15) is 0 Å². The Bertz CT molecular complexity index is 1040. The Morgan fingerprint density at radius 2 is 1.83 bits per heavy atom. The van der Waals surface area contributed by atoms with Crippen molar-refractivity contribution < 1.29 is 17.9 Å². The van der Waals surface area contributed by atoms with Gasteiger partial charge < -0.3 is 10.1 Å². The first-order chi connectivity index (χ1) is 14.2. The molecule has 162 valence electrons. The van der Waals surface area contributed by atoms with Crippen LogP contribution >= 0.6 is 23.2 Å². The number of sulfonamides is 1. The van der Waals surface area contributed by atoms with Crippen molar-refractivity contribution in [3.05, 3.63) is 57.6 Å². The third kappa shape index (κ3) is 5.27. The highest BCUT2D eigenvalue weighted by Crippen LogP contribution is 2.29. The molecule has 1 saturated carbocycles. The van der Waals surface area contributed by atoms with Gasteiger partial charge in [0.2, 0.25) is 10.0 Å². The summed E-state index contributed by atoms with van der Waals surface area (Å²) in [6.45, 7) is 1.79. The fourth-order valence-electron chi connectivity index (χ4n) is 3.56. The van der Waals surface area contributed by atoms with Gasteiger partial charge in [0, 0.05) is 21.7 Å². The fourth-order valence-corrected chi connectivity index (χ4v) is 5.64. The maximum atomic E-state index is 12.9. The summed E-state index contributed by atoms with van der Waals surface area (Å²) in [6, 6.07) is 8.89. The number of hydrogen-bond donors (Lipinski definition) is 2. The van der Waals surface area contributed by atoms with Crippen molar-refractivity contribution in [3.8, 4) is 5.75 Å². The summed E-state index contributed by atoms with van der Waals surface area (Å²) >= 11 is 12.1. The highest BCUT2D eigenvalue weighted by Gasteiger charge is 2.27. The summed E-state index contributed by atoms with van der Waals surface area (Å²) in [5.41, 5.74) is 0.915. The Kier molecular flexibility index (Phi) is 7.29. The molecule has 0 spiro atoms. The number of carbonyl (C=O) groups excluding carboxylic acids is 1. The number of benzene rings is 2. The largest absolute Gasteiger partial charge is 0.495 e. The lowest BCUT2D eigenvalue weighted by Gasteiger charge is -2.18. The quantitative estimate of drug-likeness (QED) is 0.613. The SMILES string of the molecule is COc1ccc(C(=O)NC(C)c2ccc(Cl)cc2Cl)cc1S(=O)(=O)NC1CCCC1. The van der Waals surface area contributed by atoms with Gasteiger partial charge in [0.15, 0.2) is 0 Å². The number of methoxy groups -OCH3 is 1. The van der Waals surface area contributed by atoms with Crippen LogP contribution in [-0.2, 0) is 10.0 Å². The van der Waals surface area contributed by atoms with Gasteiger partial charge in [-0.15, -0.1) is 0 Å². The van der Waals surface area contributed by atoms with Crippen LogP contribution in [0.15, 0.2) is 41.3 Å². The number of carbonyl (C=O) groups is 1. The second-order valence-electron chi connectivity index (χ2n) is 7.33. The zero-order chi connectivity index (χ0) is 21.9. The van der Waals surface area contributed by atoms with Gasteiger partial charge >= 0.3 is 0 Å². The second kappa shape index (κ2) is 9.56. The van der Waals surface area contributed by atoms with E-state index in [4.69, 9.17) is 27.9 Å². The molecular weight excluding hydrogens is 447 g/mol. The molecule has 2 aromatic carbocycles. The first kappa shape index (κ1) is 22.9. The number of nitrogens with one attached hydrogen (secondary N) is 2. The third-order valence-electron chi connectivity index (χ3n) is 5.17. The van der Waals surface area contributed by atoms with E-state index in [1.807, 2.05) is 0 Å². The van der Waals surface area contributed by atoms with Crippen LogP contribution in [0.3, 0.4) is 0 Å². The Labute approximate surface area is 187 Å². The highest BCUT2D eigenvalue weighted by molar-refractivity contribution is 7.89. The zero-order valence-corrected chi connectivity index (χ0v) is 19.1. The van der Waals surface area contributed by atoms with Gasteiger partial charge in [-0.25, -0.2) is 13.1 Å². The lowest BCUT2D eigenvalue weighted by atomic mass is 10.1. The van der Waals surface area contributed by atoms with Gasteiger partial charge in [0.1, 0.15) is 10.6 Å². The van der Waals surface area contributed by atoms with Gasteiger partial charge in [0.25, 0.3) is 5.91 Å². The first-order valence-electron chi connectivity index (χ1n) is 9.67. The van der Waals surface area contributed by atoms with E-state index >= 15 is 0 Å². The van der Waals surface area contributed by atoms with Gasteiger partial charge in [-0.3, -0.25) is 4.79 Å². The van der Waals surface area contributed by atoms with Crippen LogP contribution in [0.2, 0.25) is 10.0 Å². The van der Waals surface area contributed by atoms with Crippen LogP contribution in [0.5, 0.6) is 5.75 Å². The lowest BCUT2D eigenvalue weighted by molar-refractivity contribution is 0.0939.